The Balaban J connectivity index is 1.40. The molecule has 0 fully saturated rings. The van der Waals surface area contributed by atoms with Gasteiger partial charge in [-0.25, -0.2) is 8.42 Å². The molecule has 0 aliphatic carbocycles. The van der Waals surface area contributed by atoms with Crippen LogP contribution in [-0.2, 0) is 32.6 Å². The van der Waals surface area contributed by atoms with Crippen LogP contribution in [0.4, 0.5) is 5.69 Å². The van der Waals surface area contributed by atoms with Crippen LogP contribution in [0.1, 0.15) is 44.2 Å². The van der Waals surface area contributed by atoms with Gasteiger partial charge in [-0.1, -0.05) is 89.6 Å². The number of benzene rings is 4. The van der Waals surface area contributed by atoms with Crippen LogP contribution in [0.25, 0.3) is 10.8 Å². The summed E-state index contributed by atoms with van der Waals surface area (Å²) < 4.78 is 29.2. The molecule has 0 aromatic heterocycles. The molecule has 43 heavy (non-hydrogen) atoms. The minimum absolute atomic E-state index is 0.0432. The summed E-state index contributed by atoms with van der Waals surface area (Å²) in [6.07, 6.45) is 1.53. The Morgan fingerprint density at radius 2 is 1.63 bits per heavy atom. The van der Waals surface area contributed by atoms with Crippen molar-refractivity contribution in [3.63, 3.8) is 0 Å². The van der Waals surface area contributed by atoms with Crippen LogP contribution in [0, 0.1) is 0 Å². The van der Waals surface area contributed by atoms with Gasteiger partial charge in [0.2, 0.25) is 11.8 Å². The van der Waals surface area contributed by atoms with E-state index in [0.29, 0.717) is 23.4 Å². The van der Waals surface area contributed by atoms with Crippen LogP contribution in [0.3, 0.4) is 0 Å². The second kappa shape index (κ2) is 13.3. The van der Waals surface area contributed by atoms with Crippen LogP contribution in [-0.4, -0.2) is 43.8 Å². The maximum Gasteiger partial charge on any atom is 0.265 e. The second-order valence-corrected chi connectivity index (χ2v) is 13.7. The highest BCUT2D eigenvalue weighted by Gasteiger charge is 2.36. The van der Waals surface area contributed by atoms with E-state index in [1.165, 1.54) is 4.31 Å². The zero-order valence-corrected chi connectivity index (χ0v) is 26.8. The van der Waals surface area contributed by atoms with Crippen LogP contribution in [0.2, 0.25) is 0 Å². The Morgan fingerprint density at radius 1 is 0.930 bits per heavy atom. The van der Waals surface area contributed by atoms with Gasteiger partial charge in [-0.3, -0.25) is 13.9 Å². The molecule has 1 aliphatic heterocycles. The number of carbonyl (C=O) groups is 2. The van der Waals surface area contributed by atoms with Gasteiger partial charge in [0.15, 0.2) is 0 Å². The Morgan fingerprint density at radius 3 is 2.35 bits per heavy atom. The molecule has 5 rings (SSSR count). The molecule has 0 saturated carbocycles. The molecule has 2 atom stereocenters. The largest absolute Gasteiger partial charge is 0.352 e. The van der Waals surface area contributed by atoms with Crippen molar-refractivity contribution in [2.24, 2.45) is 0 Å². The number of amides is 2. The molecule has 0 radical (unpaired) electrons. The van der Waals surface area contributed by atoms with Crippen molar-refractivity contribution >= 4 is 54.2 Å². The van der Waals surface area contributed by atoms with E-state index in [-0.39, 0.29) is 37.4 Å². The van der Waals surface area contributed by atoms with Gasteiger partial charge in [-0.15, -0.1) is 0 Å². The fourth-order valence-electron chi connectivity index (χ4n) is 5.54. The van der Waals surface area contributed by atoms with Gasteiger partial charge in [-0.2, -0.15) is 0 Å². The summed E-state index contributed by atoms with van der Waals surface area (Å²) in [5.41, 5.74) is 2.48. The van der Waals surface area contributed by atoms with Crippen LogP contribution in [0.5, 0.6) is 0 Å². The molecule has 0 saturated heterocycles. The highest BCUT2D eigenvalue weighted by Crippen LogP contribution is 2.42. The smallest absolute Gasteiger partial charge is 0.265 e. The van der Waals surface area contributed by atoms with Gasteiger partial charge in [0.25, 0.3) is 10.0 Å². The first-order chi connectivity index (χ1) is 20.7. The molecular weight excluding hydrogens is 626 g/mol. The number of sulfonamides is 1. The molecule has 0 spiro atoms. The summed E-state index contributed by atoms with van der Waals surface area (Å²) >= 11 is 3.52. The quantitative estimate of drug-likeness (QED) is 0.189. The van der Waals surface area contributed by atoms with Crippen molar-refractivity contribution in [3.05, 3.63) is 107 Å². The molecule has 1 heterocycles. The van der Waals surface area contributed by atoms with E-state index < -0.39 is 16.1 Å². The van der Waals surface area contributed by atoms with Gasteiger partial charge in [-0.05, 0) is 60.5 Å². The molecule has 1 N–H and O–H groups in total. The van der Waals surface area contributed by atoms with Crippen molar-refractivity contribution in [1.29, 1.82) is 0 Å². The number of nitrogens with one attached hydrogen (secondary N) is 1. The van der Waals surface area contributed by atoms with E-state index in [0.717, 1.165) is 32.8 Å². The highest BCUT2D eigenvalue weighted by molar-refractivity contribution is 9.10. The molecule has 2 amide bonds. The summed E-state index contributed by atoms with van der Waals surface area (Å²) in [6.45, 7) is 4.37. The zero-order valence-electron chi connectivity index (χ0n) is 24.4. The third-order valence-corrected chi connectivity index (χ3v) is 10.3. The van der Waals surface area contributed by atoms with Gasteiger partial charge in [0, 0.05) is 41.8 Å². The first-order valence-corrected chi connectivity index (χ1v) is 16.8. The van der Waals surface area contributed by atoms with E-state index in [4.69, 9.17) is 0 Å². The topological polar surface area (TPSA) is 86.8 Å². The Bertz CT molecular complexity index is 1720. The fraction of sp³-hybridized carbons (Fsp3) is 0.294. The first-order valence-electron chi connectivity index (χ1n) is 14.6. The number of rotatable bonds is 12. The van der Waals surface area contributed by atoms with Gasteiger partial charge in [0.1, 0.15) is 6.04 Å². The van der Waals surface area contributed by atoms with Gasteiger partial charge >= 0.3 is 0 Å². The van der Waals surface area contributed by atoms with Crippen molar-refractivity contribution in [1.82, 2.24) is 10.2 Å². The molecule has 7 nitrogen and oxygen atoms in total. The predicted octanol–water partition coefficient (Wildman–Crippen LogP) is 6.45. The highest BCUT2D eigenvalue weighted by atomic mass is 79.9. The molecule has 2 unspecified atom stereocenters. The molecule has 9 heteroatoms. The summed E-state index contributed by atoms with van der Waals surface area (Å²) in [6, 6.07) is 27.5. The standard InChI is InChI=1S/C34H36BrN3O4S/c1-3-24(2)36-34(40)30(22-25-11-5-4-6-12-25)37(23-26-13-7-16-28(35)21-26)32(39)19-10-20-38-29-17-8-14-27-15-9-18-31(33(27)29)43(38,41)42/h4-9,11-18,21,24,30H,3,10,19-20,22-23H2,1-2H3,(H,36,40). The van der Waals surface area contributed by atoms with E-state index in [1.807, 2.05) is 92.7 Å². The van der Waals surface area contributed by atoms with Crippen LogP contribution < -0.4 is 9.62 Å². The number of nitrogens with zero attached hydrogens (tertiary/aromatic N) is 2. The Hall–Kier alpha value is -3.69. The lowest BCUT2D eigenvalue weighted by atomic mass is 10.0. The SMILES string of the molecule is CCC(C)NC(=O)C(Cc1ccccc1)N(Cc1cccc(Br)c1)C(=O)CCCN1c2cccc3cccc(c23)S1(=O)=O. The lowest BCUT2D eigenvalue weighted by Crippen LogP contribution is -2.52. The third kappa shape index (κ3) is 6.78. The average molecular weight is 663 g/mol. The van der Waals surface area contributed by atoms with Crippen LogP contribution in [0.15, 0.2) is 100 Å². The normalized spacial score (nSPS) is 14.8. The fourth-order valence-corrected chi connectivity index (χ4v) is 7.74. The first kappa shape index (κ1) is 30.8. The number of hydrogen-bond donors (Lipinski definition) is 1. The summed E-state index contributed by atoms with van der Waals surface area (Å²) in [7, 11) is -3.72. The molecule has 4 aromatic rings. The predicted molar refractivity (Wildman–Crippen MR) is 174 cm³/mol. The number of halogens is 1. The van der Waals surface area contributed by atoms with E-state index in [2.05, 4.69) is 21.2 Å². The average Bonchev–Trinajstić information content (AvgIpc) is 3.22. The second-order valence-electron chi connectivity index (χ2n) is 11.0. The number of anilines is 1. The van der Waals surface area contributed by atoms with E-state index in [1.54, 1.807) is 17.0 Å². The van der Waals surface area contributed by atoms with E-state index in [9.17, 15) is 18.0 Å². The van der Waals surface area contributed by atoms with E-state index >= 15 is 0 Å². The van der Waals surface area contributed by atoms with Gasteiger partial charge in [0.05, 0.1) is 10.6 Å². The maximum absolute atomic E-state index is 14.0. The molecule has 4 aromatic carbocycles. The minimum atomic E-state index is -3.72. The van der Waals surface area contributed by atoms with Crippen LogP contribution >= 0.6 is 15.9 Å². The summed E-state index contributed by atoms with van der Waals surface area (Å²) in [5.74, 6) is -0.404. The summed E-state index contributed by atoms with van der Waals surface area (Å²) in [5, 5.41) is 4.67. The zero-order chi connectivity index (χ0) is 30.6. The molecule has 0 bridgehead atoms. The van der Waals surface area contributed by atoms with Crippen molar-refractivity contribution in [3.8, 4) is 0 Å². The van der Waals surface area contributed by atoms with Gasteiger partial charge < -0.3 is 10.2 Å². The third-order valence-electron chi connectivity index (χ3n) is 7.95. The molecular formula is C34H36BrN3O4S. The monoisotopic (exact) mass is 661 g/mol. The van der Waals surface area contributed by atoms with Crippen molar-refractivity contribution in [2.45, 2.75) is 63.1 Å². The Labute approximate surface area is 262 Å². The molecule has 224 valence electrons. The van der Waals surface area contributed by atoms with Crippen molar-refractivity contribution < 1.29 is 18.0 Å². The number of hydrogen-bond acceptors (Lipinski definition) is 4. The Kier molecular flexibility index (Phi) is 9.52. The lowest BCUT2D eigenvalue weighted by Gasteiger charge is -2.32. The lowest BCUT2D eigenvalue weighted by molar-refractivity contribution is -0.141. The minimum Gasteiger partial charge on any atom is -0.352 e. The summed E-state index contributed by atoms with van der Waals surface area (Å²) in [4.78, 5) is 29.7. The van der Waals surface area contributed by atoms with Crippen molar-refractivity contribution in [2.75, 3.05) is 10.8 Å². The maximum atomic E-state index is 14.0. The number of carbonyl (C=O) groups excluding carboxylic acids is 2. The molecule has 1 aliphatic rings.